The van der Waals surface area contributed by atoms with E-state index in [2.05, 4.69) is 10.6 Å². The van der Waals surface area contributed by atoms with E-state index < -0.39 is 12.0 Å². The highest BCUT2D eigenvalue weighted by atomic mass is 32.1. The van der Waals surface area contributed by atoms with Crippen LogP contribution in [-0.4, -0.2) is 24.5 Å². The van der Waals surface area contributed by atoms with Crippen molar-refractivity contribution in [3.05, 3.63) is 65.4 Å². The van der Waals surface area contributed by atoms with E-state index in [-0.39, 0.29) is 12.5 Å². The predicted octanol–water partition coefficient (Wildman–Crippen LogP) is 4.30. The zero-order chi connectivity index (χ0) is 19.9. The van der Waals surface area contributed by atoms with Crippen LogP contribution >= 0.6 is 11.3 Å². The Morgan fingerprint density at radius 2 is 1.96 bits per heavy atom. The number of hydrogen-bond donors (Lipinski definition) is 2. The van der Waals surface area contributed by atoms with Gasteiger partial charge in [0.05, 0.1) is 25.5 Å². The first-order valence-corrected chi connectivity index (χ1v) is 9.88. The number of hydrogen-bond acceptors (Lipinski definition) is 6. The van der Waals surface area contributed by atoms with E-state index in [1.54, 1.807) is 26.2 Å². The smallest absolute Gasteiger partial charge is 0.341 e. The third-order valence-corrected chi connectivity index (χ3v) is 5.04. The minimum Gasteiger partial charge on any atom is -0.468 e. The maximum Gasteiger partial charge on any atom is 0.341 e. The van der Waals surface area contributed by atoms with E-state index in [1.807, 2.05) is 41.8 Å². The maximum atomic E-state index is 12.6. The van der Waals surface area contributed by atoms with Crippen LogP contribution in [0.2, 0.25) is 0 Å². The summed E-state index contributed by atoms with van der Waals surface area (Å²) < 4.78 is 10.5. The lowest BCUT2D eigenvalue weighted by Gasteiger charge is -2.14. The molecule has 28 heavy (non-hydrogen) atoms. The Kier molecular flexibility index (Phi) is 6.62. The number of rotatable bonds is 8. The summed E-state index contributed by atoms with van der Waals surface area (Å²) in [5.41, 5.74) is 2.02. The summed E-state index contributed by atoms with van der Waals surface area (Å²) in [5, 5.41) is 8.30. The van der Waals surface area contributed by atoms with Crippen molar-refractivity contribution in [1.29, 1.82) is 0 Å². The highest BCUT2D eigenvalue weighted by Gasteiger charge is 2.24. The summed E-state index contributed by atoms with van der Waals surface area (Å²) in [5.74, 6) is 0.0574. The van der Waals surface area contributed by atoms with Crippen molar-refractivity contribution < 1.29 is 18.7 Å². The monoisotopic (exact) mass is 398 g/mol. The first kappa shape index (κ1) is 19.9. The van der Waals surface area contributed by atoms with Crippen LogP contribution in [0.4, 0.5) is 5.00 Å². The highest BCUT2D eigenvalue weighted by Crippen LogP contribution is 2.36. The minimum absolute atomic E-state index is 0.237. The molecule has 0 spiro atoms. The van der Waals surface area contributed by atoms with Crippen molar-refractivity contribution in [2.75, 3.05) is 11.9 Å². The number of esters is 1. The molecule has 1 amide bonds. The molecular weight excluding hydrogens is 376 g/mol. The molecule has 0 fully saturated rings. The van der Waals surface area contributed by atoms with Gasteiger partial charge >= 0.3 is 5.97 Å². The van der Waals surface area contributed by atoms with Gasteiger partial charge in [0.25, 0.3) is 0 Å². The van der Waals surface area contributed by atoms with Crippen molar-refractivity contribution in [1.82, 2.24) is 5.32 Å². The Bertz CT molecular complexity index is 919. The van der Waals surface area contributed by atoms with Crippen molar-refractivity contribution in [3.8, 4) is 11.1 Å². The molecule has 2 heterocycles. The van der Waals surface area contributed by atoms with Gasteiger partial charge < -0.3 is 14.5 Å². The molecule has 0 saturated heterocycles. The summed E-state index contributed by atoms with van der Waals surface area (Å²) in [4.78, 5) is 25.2. The fraction of sp³-hybridized carbons (Fsp3) is 0.238. The van der Waals surface area contributed by atoms with Gasteiger partial charge in [-0.05, 0) is 31.5 Å². The van der Waals surface area contributed by atoms with Gasteiger partial charge in [0.1, 0.15) is 16.3 Å². The molecule has 2 aromatic heterocycles. The summed E-state index contributed by atoms with van der Waals surface area (Å²) >= 11 is 1.31. The van der Waals surface area contributed by atoms with Crippen molar-refractivity contribution in [2.45, 2.75) is 26.4 Å². The van der Waals surface area contributed by atoms with Crippen LogP contribution in [-0.2, 0) is 16.1 Å². The number of furan rings is 1. The normalized spacial score (nSPS) is 11.8. The number of amides is 1. The van der Waals surface area contributed by atoms with Gasteiger partial charge in [-0.25, -0.2) is 4.79 Å². The number of thiophene rings is 1. The van der Waals surface area contributed by atoms with Gasteiger partial charge in [-0.15, -0.1) is 11.3 Å². The number of benzene rings is 1. The van der Waals surface area contributed by atoms with Gasteiger partial charge in [-0.1, -0.05) is 30.3 Å². The van der Waals surface area contributed by atoms with E-state index in [0.717, 1.165) is 16.9 Å². The molecule has 0 radical (unpaired) electrons. The first-order valence-electron chi connectivity index (χ1n) is 9.00. The van der Waals surface area contributed by atoms with E-state index in [4.69, 9.17) is 9.15 Å². The van der Waals surface area contributed by atoms with Crippen LogP contribution in [0.1, 0.15) is 30.0 Å². The number of carbonyl (C=O) groups excluding carboxylic acids is 2. The molecule has 1 atom stereocenters. The summed E-state index contributed by atoms with van der Waals surface area (Å²) in [6.45, 7) is 4.21. The Balaban J connectivity index is 1.78. The Labute approximate surface area is 167 Å². The van der Waals surface area contributed by atoms with Gasteiger partial charge in [0.2, 0.25) is 5.91 Å². The Morgan fingerprint density at radius 1 is 1.18 bits per heavy atom. The Hall–Kier alpha value is -2.90. The first-order chi connectivity index (χ1) is 13.6. The van der Waals surface area contributed by atoms with Gasteiger partial charge in [-0.3, -0.25) is 10.1 Å². The third kappa shape index (κ3) is 4.68. The van der Waals surface area contributed by atoms with Gasteiger partial charge in [-0.2, -0.15) is 0 Å². The number of anilines is 1. The largest absolute Gasteiger partial charge is 0.468 e. The van der Waals surface area contributed by atoms with Gasteiger partial charge in [0.15, 0.2) is 0 Å². The van der Waals surface area contributed by atoms with Crippen LogP contribution in [0, 0.1) is 0 Å². The quantitative estimate of drug-likeness (QED) is 0.553. The molecule has 0 unspecified atom stereocenters. The van der Waals surface area contributed by atoms with E-state index in [9.17, 15) is 9.59 Å². The number of nitrogens with one attached hydrogen (secondary N) is 2. The maximum absolute atomic E-state index is 12.6. The van der Waals surface area contributed by atoms with Crippen molar-refractivity contribution in [3.63, 3.8) is 0 Å². The zero-order valence-electron chi connectivity index (χ0n) is 15.7. The zero-order valence-corrected chi connectivity index (χ0v) is 16.5. The molecule has 146 valence electrons. The second-order valence-electron chi connectivity index (χ2n) is 6.11. The van der Waals surface area contributed by atoms with Crippen LogP contribution in [0.3, 0.4) is 0 Å². The third-order valence-electron chi connectivity index (χ3n) is 4.15. The minimum atomic E-state index is -0.470. The average Bonchev–Trinajstić information content (AvgIpc) is 3.37. The molecule has 0 aliphatic rings. The lowest BCUT2D eigenvalue weighted by Crippen LogP contribution is -2.37. The second-order valence-corrected chi connectivity index (χ2v) is 6.99. The topological polar surface area (TPSA) is 80.6 Å². The van der Waals surface area contributed by atoms with E-state index in [1.165, 1.54) is 11.3 Å². The molecule has 7 heteroatoms. The predicted molar refractivity (Wildman–Crippen MR) is 109 cm³/mol. The molecule has 2 N–H and O–H groups in total. The summed E-state index contributed by atoms with van der Waals surface area (Å²) in [6, 6.07) is 12.7. The SMILES string of the molecule is CCOC(=O)c1c(-c2ccccc2)csc1NC(=O)[C@H](C)NCc1ccco1. The van der Waals surface area contributed by atoms with Crippen LogP contribution < -0.4 is 10.6 Å². The molecule has 0 aliphatic heterocycles. The molecular formula is C21H22N2O4S. The molecule has 1 aromatic carbocycles. The van der Waals surface area contributed by atoms with E-state index >= 15 is 0 Å². The second kappa shape index (κ2) is 9.34. The molecule has 3 rings (SSSR count). The molecule has 3 aromatic rings. The molecule has 6 nitrogen and oxygen atoms in total. The molecule has 0 aliphatic carbocycles. The van der Waals surface area contributed by atoms with E-state index in [0.29, 0.717) is 17.1 Å². The summed E-state index contributed by atoms with van der Waals surface area (Å²) in [7, 11) is 0. The highest BCUT2D eigenvalue weighted by molar-refractivity contribution is 7.15. The molecule has 0 saturated carbocycles. The Morgan fingerprint density at radius 3 is 2.64 bits per heavy atom. The van der Waals surface area contributed by atoms with Crippen molar-refractivity contribution in [2.24, 2.45) is 0 Å². The average molecular weight is 398 g/mol. The van der Waals surface area contributed by atoms with Crippen LogP contribution in [0.15, 0.2) is 58.5 Å². The summed E-state index contributed by atoms with van der Waals surface area (Å²) in [6.07, 6.45) is 1.59. The number of carbonyl (C=O) groups is 2. The fourth-order valence-corrected chi connectivity index (χ4v) is 3.63. The standard InChI is InChI=1S/C21H22N2O4S/c1-3-26-21(25)18-17(15-8-5-4-6-9-15)13-28-20(18)23-19(24)14(2)22-12-16-10-7-11-27-16/h4-11,13-14,22H,3,12H2,1-2H3,(H,23,24)/t14-/m0/s1. The van der Waals surface area contributed by atoms with Crippen LogP contribution in [0.25, 0.3) is 11.1 Å². The van der Waals surface area contributed by atoms with Gasteiger partial charge in [0, 0.05) is 10.9 Å². The van der Waals surface area contributed by atoms with Crippen LogP contribution in [0.5, 0.6) is 0 Å². The lowest BCUT2D eigenvalue weighted by atomic mass is 10.0. The van der Waals surface area contributed by atoms with Crippen molar-refractivity contribution >= 4 is 28.2 Å². The lowest BCUT2D eigenvalue weighted by molar-refractivity contribution is -0.117. The molecule has 0 bridgehead atoms. The fourth-order valence-electron chi connectivity index (χ4n) is 2.67. The number of ether oxygens (including phenoxy) is 1.